The highest BCUT2D eigenvalue weighted by Crippen LogP contribution is 2.22. The summed E-state index contributed by atoms with van der Waals surface area (Å²) < 4.78 is 1.21. The number of nitrogens with zero attached hydrogens (tertiary/aromatic N) is 1. The smallest absolute Gasteiger partial charge is 0.108 e. The highest BCUT2D eigenvalue weighted by molar-refractivity contribution is 7.18. The molecule has 0 amide bonds. The molecule has 17 heavy (non-hydrogen) atoms. The van der Waals surface area contributed by atoms with Crippen molar-refractivity contribution in [3.63, 3.8) is 0 Å². The van der Waals surface area contributed by atoms with E-state index in [1.807, 2.05) is 32.0 Å². The van der Waals surface area contributed by atoms with Gasteiger partial charge in [0.25, 0.3) is 0 Å². The van der Waals surface area contributed by atoms with Crippen molar-refractivity contribution in [3.8, 4) is 0 Å². The second-order valence-corrected chi connectivity index (χ2v) is 5.94. The number of benzene rings is 1. The summed E-state index contributed by atoms with van der Waals surface area (Å²) in [7, 11) is 0. The molecule has 0 bridgehead atoms. The van der Waals surface area contributed by atoms with Crippen LogP contribution < -0.4 is 5.32 Å². The summed E-state index contributed by atoms with van der Waals surface area (Å²) in [6.07, 6.45) is -0.392. The van der Waals surface area contributed by atoms with E-state index < -0.39 is 6.10 Å². The maximum Gasteiger partial charge on any atom is 0.108 e. The largest absolute Gasteiger partial charge is 0.392 e. The van der Waals surface area contributed by atoms with E-state index in [1.54, 1.807) is 18.3 Å². The fraction of sp³-hybridized carbons (Fsp3) is 0.462. The molecule has 0 fully saturated rings. The molecule has 0 spiro atoms. The van der Waals surface area contributed by atoms with Crippen molar-refractivity contribution < 1.29 is 5.11 Å². The quantitative estimate of drug-likeness (QED) is 0.876. The number of fused-ring (bicyclic) bond motifs is 1. The first-order chi connectivity index (χ1) is 7.99. The first-order valence-electron chi connectivity index (χ1n) is 5.76. The zero-order valence-electron chi connectivity index (χ0n) is 10.4. The van der Waals surface area contributed by atoms with E-state index in [-0.39, 0.29) is 5.54 Å². The maximum absolute atomic E-state index is 9.62. The lowest BCUT2D eigenvalue weighted by atomic mass is 9.99. The molecule has 3 nitrogen and oxygen atoms in total. The van der Waals surface area contributed by atoms with Crippen molar-refractivity contribution in [1.29, 1.82) is 0 Å². The van der Waals surface area contributed by atoms with Crippen LogP contribution in [0.2, 0.25) is 0 Å². The lowest BCUT2D eigenvalue weighted by Gasteiger charge is -2.29. The van der Waals surface area contributed by atoms with Crippen LogP contribution in [0.25, 0.3) is 10.2 Å². The summed E-state index contributed by atoms with van der Waals surface area (Å²) in [6, 6.07) is 8.13. The molecule has 2 rings (SSSR count). The maximum atomic E-state index is 9.62. The Bertz CT molecular complexity index is 472. The predicted molar refractivity (Wildman–Crippen MR) is 72.2 cm³/mol. The van der Waals surface area contributed by atoms with Gasteiger partial charge in [-0.1, -0.05) is 12.1 Å². The van der Waals surface area contributed by atoms with Crippen molar-refractivity contribution in [2.45, 2.75) is 39.0 Å². The summed E-state index contributed by atoms with van der Waals surface area (Å²) in [6.45, 7) is 6.47. The highest BCUT2D eigenvalue weighted by atomic mass is 32.1. The van der Waals surface area contributed by atoms with Gasteiger partial charge in [0, 0.05) is 12.1 Å². The summed E-state index contributed by atoms with van der Waals surface area (Å²) in [4.78, 5) is 4.55. The lowest BCUT2D eigenvalue weighted by Crippen LogP contribution is -2.47. The monoisotopic (exact) mass is 250 g/mol. The Hall–Kier alpha value is -0.970. The molecule has 4 heteroatoms. The van der Waals surface area contributed by atoms with Crippen LogP contribution >= 0.6 is 11.3 Å². The topological polar surface area (TPSA) is 45.1 Å². The second-order valence-electron chi connectivity index (χ2n) is 4.83. The lowest BCUT2D eigenvalue weighted by molar-refractivity contribution is 0.0956. The Balaban J connectivity index is 2.09. The van der Waals surface area contributed by atoms with E-state index in [0.717, 1.165) is 10.5 Å². The van der Waals surface area contributed by atoms with Gasteiger partial charge in [0.2, 0.25) is 0 Å². The average Bonchev–Trinajstić information content (AvgIpc) is 2.69. The molecule has 92 valence electrons. The molecule has 0 aliphatic carbocycles. The summed E-state index contributed by atoms with van der Waals surface area (Å²) in [5.41, 5.74) is 0.752. The minimum atomic E-state index is -0.392. The van der Waals surface area contributed by atoms with Crippen molar-refractivity contribution in [3.05, 3.63) is 29.3 Å². The molecular weight excluding hydrogens is 232 g/mol. The normalized spacial score (nSPS) is 14.1. The van der Waals surface area contributed by atoms with Gasteiger partial charge >= 0.3 is 0 Å². The molecule has 1 heterocycles. The molecule has 0 saturated heterocycles. The highest BCUT2D eigenvalue weighted by Gasteiger charge is 2.23. The van der Waals surface area contributed by atoms with Crippen molar-refractivity contribution in [1.82, 2.24) is 10.3 Å². The van der Waals surface area contributed by atoms with Gasteiger partial charge in [-0.05, 0) is 32.9 Å². The van der Waals surface area contributed by atoms with Crippen molar-refractivity contribution >= 4 is 21.6 Å². The summed E-state index contributed by atoms with van der Waals surface area (Å²) in [5, 5.41) is 14.0. The van der Waals surface area contributed by atoms with Gasteiger partial charge in [-0.2, -0.15) is 0 Å². The van der Waals surface area contributed by atoms with Crippen LogP contribution in [0, 0.1) is 0 Å². The van der Waals surface area contributed by atoms with Gasteiger partial charge in [0.15, 0.2) is 0 Å². The van der Waals surface area contributed by atoms with Crippen LogP contribution in [-0.4, -0.2) is 21.7 Å². The molecule has 0 aliphatic heterocycles. The molecular formula is C13H18N2OS. The number of hydrogen-bond acceptors (Lipinski definition) is 4. The van der Waals surface area contributed by atoms with Gasteiger partial charge in [-0.3, -0.25) is 0 Å². The standard InChI is InChI=1S/C13H18N2OS/c1-9(16)13(2,3)14-8-12-15-10-6-4-5-7-11(10)17-12/h4-7,9,14,16H,8H2,1-3H3. The first-order valence-corrected chi connectivity index (χ1v) is 6.58. The predicted octanol–water partition coefficient (Wildman–Crippen LogP) is 2.55. The molecule has 1 aromatic carbocycles. The van der Waals surface area contributed by atoms with Crippen LogP contribution in [0.3, 0.4) is 0 Å². The Labute approximate surface area is 106 Å². The molecule has 0 radical (unpaired) electrons. The molecule has 2 aromatic rings. The Kier molecular flexibility index (Phi) is 3.47. The number of aliphatic hydroxyl groups excluding tert-OH is 1. The van der Waals surface area contributed by atoms with Gasteiger partial charge in [0.05, 0.1) is 16.3 Å². The molecule has 1 atom stereocenters. The van der Waals surface area contributed by atoms with Crippen molar-refractivity contribution in [2.75, 3.05) is 0 Å². The number of nitrogens with one attached hydrogen (secondary N) is 1. The minimum Gasteiger partial charge on any atom is -0.392 e. The SMILES string of the molecule is CC(O)C(C)(C)NCc1nc2ccccc2s1. The number of thiazole rings is 1. The molecule has 1 aromatic heterocycles. The third kappa shape index (κ3) is 2.83. The summed E-state index contributed by atoms with van der Waals surface area (Å²) in [5.74, 6) is 0. The van der Waals surface area contributed by atoms with Crippen LogP contribution in [0.4, 0.5) is 0 Å². The molecule has 0 saturated carbocycles. The van der Waals surface area contributed by atoms with Gasteiger partial charge in [-0.25, -0.2) is 4.98 Å². The van der Waals surface area contributed by atoms with E-state index in [9.17, 15) is 5.11 Å². The second kappa shape index (κ2) is 4.72. The number of para-hydroxylation sites is 1. The molecule has 0 aliphatic rings. The van der Waals surface area contributed by atoms with E-state index >= 15 is 0 Å². The van der Waals surface area contributed by atoms with Crippen molar-refractivity contribution in [2.24, 2.45) is 0 Å². The van der Waals surface area contributed by atoms with Gasteiger partial charge < -0.3 is 10.4 Å². The van der Waals surface area contributed by atoms with Gasteiger partial charge in [0.1, 0.15) is 5.01 Å². The Morgan fingerprint density at radius 3 is 2.76 bits per heavy atom. The van der Waals surface area contributed by atoms with E-state index in [1.165, 1.54) is 4.70 Å². The van der Waals surface area contributed by atoms with Gasteiger partial charge in [-0.15, -0.1) is 11.3 Å². The van der Waals surface area contributed by atoms with Crippen LogP contribution in [-0.2, 0) is 6.54 Å². The Morgan fingerprint density at radius 2 is 2.12 bits per heavy atom. The van der Waals surface area contributed by atoms with Crippen LogP contribution in [0.1, 0.15) is 25.8 Å². The fourth-order valence-corrected chi connectivity index (χ4v) is 2.35. The number of rotatable bonds is 4. The van der Waals surface area contributed by atoms with E-state index in [0.29, 0.717) is 6.54 Å². The summed E-state index contributed by atoms with van der Waals surface area (Å²) >= 11 is 1.69. The third-order valence-electron chi connectivity index (χ3n) is 3.08. The molecule has 2 N–H and O–H groups in total. The first kappa shape index (κ1) is 12.5. The van der Waals surface area contributed by atoms with Crippen LogP contribution in [0.15, 0.2) is 24.3 Å². The number of aromatic nitrogens is 1. The minimum absolute atomic E-state index is 0.294. The van der Waals surface area contributed by atoms with Crippen LogP contribution in [0.5, 0.6) is 0 Å². The average molecular weight is 250 g/mol. The zero-order valence-corrected chi connectivity index (χ0v) is 11.2. The van der Waals surface area contributed by atoms with E-state index in [2.05, 4.69) is 16.4 Å². The van der Waals surface area contributed by atoms with E-state index in [4.69, 9.17) is 0 Å². The fourth-order valence-electron chi connectivity index (χ4n) is 1.45. The zero-order chi connectivity index (χ0) is 12.5. The number of hydrogen-bond donors (Lipinski definition) is 2. The number of aliphatic hydroxyl groups is 1. The third-order valence-corrected chi connectivity index (χ3v) is 4.11. The molecule has 1 unspecified atom stereocenters. The Morgan fingerprint density at radius 1 is 1.41 bits per heavy atom.